The van der Waals surface area contributed by atoms with Gasteiger partial charge in [0.15, 0.2) is 5.69 Å². The van der Waals surface area contributed by atoms with Gasteiger partial charge < -0.3 is 9.84 Å². The van der Waals surface area contributed by atoms with E-state index >= 15 is 0 Å². The van der Waals surface area contributed by atoms with Gasteiger partial charge in [0.2, 0.25) is 0 Å². The molecular formula is C20H26N2O2. The second kappa shape index (κ2) is 5.61. The molecule has 128 valence electrons. The van der Waals surface area contributed by atoms with Gasteiger partial charge in [-0.3, -0.25) is 4.79 Å². The van der Waals surface area contributed by atoms with Crippen LogP contribution in [0.15, 0.2) is 34.9 Å². The second-order valence-electron chi connectivity index (χ2n) is 8.31. The quantitative estimate of drug-likeness (QED) is 0.911. The van der Waals surface area contributed by atoms with E-state index in [2.05, 4.69) is 43.4 Å². The van der Waals surface area contributed by atoms with Crippen LogP contribution in [0.4, 0.5) is 0 Å². The molecule has 5 atom stereocenters. The number of fused-ring (bicyclic) bond motifs is 2. The normalized spacial score (nSPS) is 36.2. The molecule has 4 aliphatic carbocycles. The van der Waals surface area contributed by atoms with Gasteiger partial charge in [-0.1, -0.05) is 50.2 Å². The summed E-state index contributed by atoms with van der Waals surface area (Å²) in [6.07, 6.45) is 11.5. The Morgan fingerprint density at radius 2 is 2.17 bits per heavy atom. The Morgan fingerprint density at radius 3 is 2.83 bits per heavy atom. The van der Waals surface area contributed by atoms with Crippen LogP contribution in [0.25, 0.3) is 0 Å². The summed E-state index contributed by atoms with van der Waals surface area (Å²) in [6.45, 7) is 7.02. The minimum absolute atomic E-state index is 0.101. The molecular weight excluding hydrogens is 300 g/mol. The second-order valence-corrected chi connectivity index (χ2v) is 8.31. The monoisotopic (exact) mass is 326 g/mol. The van der Waals surface area contributed by atoms with E-state index < -0.39 is 0 Å². The maximum atomic E-state index is 12.6. The lowest BCUT2D eigenvalue weighted by atomic mass is 9.45. The molecule has 0 radical (unpaired) electrons. The highest BCUT2D eigenvalue weighted by Crippen LogP contribution is 2.61. The third kappa shape index (κ3) is 2.43. The number of allylic oxidation sites excluding steroid dienone is 4. The summed E-state index contributed by atoms with van der Waals surface area (Å²) >= 11 is 0. The van der Waals surface area contributed by atoms with E-state index in [0.717, 1.165) is 24.5 Å². The van der Waals surface area contributed by atoms with Crippen molar-refractivity contribution in [2.24, 2.45) is 23.2 Å². The van der Waals surface area contributed by atoms with Gasteiger partial charge in [0.1, 0.15) is 5.76 Å². The highest BCUT2D eigenvalue weighted by atomic mass is 16.5. The lowest BCUT2D eigenvalue weighted by molar-refractivity contribution is -0.113. The SMILES string of the molecule is C[C@H]1C(NC(=O)c2cc(C3C=CC=CC3)on2)C[C@@H]2C[C@H]1C2(C)C. The Labute approximate surface area is 143 Å². The Hall–Kier alpha value is -1.84. The van der Waals surface area contributed by atoms with Crippen LogP contribution in [0.5, 0.6) is 0 Å². The van der Waals surface area contributed by atoms with Crippen molar-refractivity contribution in [1.82, 2.24) is 10.5 Å². The fourth-order valence-corrected chi connectivity index (χ4v) is 4.95. The highest BCUT2D eigenvalue weighted by Gasteiger charge is 2.56. The summed E-state index contributed by atoms with van der Waals surface area (Å²) < 4.78 is 5.41. The molecule has 1 amide bonds. The standard InChI is InChI=1S/C20H26N2O2/c1-12-15-9-14(20(15,2)3)10-16(12)21-19(23)17-11-18(24-22-17)13-7-5-4-6-8-13/h4-7,11-16H,8-10H2,1-3H3,(H,21,23)/t12-,13?,14+,15-,16?/m1/s1. The van der Waals surface area contributed by atoms with E-state index in [1.54, 1.807) is 6.07 Å². The predicted octanol–water partition coefficient (Wildman–Crippen LogP) is 4.07. The van der Waals surface area contributed by atoms with Crippen molar-refractivity contribution in [3.8, 4) is 0 Å². The zero-order valence-corrected chi connectivity index (χ0v) is 14.7. The van der Waals surface area contributed by atoms with Gasteiger partial charge in [0.05, 0.1) is 0 Å². The van der Waals surface area contributed by atoms with Crippen LogP contribution >= 0.6 is 0 Å². The summed E-state index contributed by atoms with van der Waals surface area (Å²) in [5, 5.41) is 7.20. The zero-order valence-electron chi connectivity index (χ0n) is 14.7. The maximum absolute atomic E-state index is 12.6. The van der Waals surface area contributed by atoms with Gasteiger partial charge in [-0.05, 0) is 42.4 Å². The number of hydrogen-bond acceptors (Lipinski definition) is 3. The Bertz CT molecular complexity index is 700. The largest absolute Gasteiger partial charge is 0.360 e. The Morgan fingerprint density at radius 1 is 1.33 bits per heavy atom. The maximum Gasteiger partial charge on any atom is 0.273 e. The molecule has 0 spiro atoms. The van der Waals surface area contributed by atoms with Gasteiger partial charge in [0, 0.05) is 18.0 Å². The topological polar surface area (TPSA) is 55.1 Å². The summed E-state index contributed by atoms with van der Waals surface area (Å²) in [5.74, 6) is 2.82. The molecule has 1 aromatic heterocycles. The number of amides is 1. The number of carbonyl (C=O) groups excluding carboxylic acids is 1. The van der Waals surface area contributed by atoms with Gasteiger partial charge in [-0.2, -0.15) is 0 Å². The summed E-state index contributed by atoms with van der Waals surface area (Å²) in [5.41, 5.74) is 0.835. The molecule has 24 heavy (non-hydrogen) atoms. The third-order valence-corrected chi connectivity index (χ3v) is 6.78. The number of carbonyl (C=O) groups is 1. The minimum atomic E-state index is -0.101. The molecule has 5 rings (SSSR count). The first-order chi connectivity index (χ1) is 11.5. The molecule has 4 heteroatoms. The first-order valence-corrected chi connectivity index (χ1v) is 9.07. The van der Waals surface area contributed by atoms with Gasteiger partial charge in [0.25, 0.3) is 5.91 Å². The number of hydrogen-bond donors (Lipinski definition) is 1. The Balaban J connectivity index is 1.41. The minimum Gasteiger partial charge on any atom is -0.360 e. The van der Waals surface area contributed by atoms with Gasteiger partial charge in [-0.15, -0.1) is 0 Å². The van der Waals surface area contributed by atoms with Crippen molar-refractivity contribution in [2.75, 3.05) is 0 Å². The van der Waals surface area contributed by atoms with E-state index in [-0.39, 0.29) is 17.9 Å². The van der Waals surface area contributed by atoms with Crippen LogP contribution < -0.4 is 5.32 Å². The molecule has 4 nitrogen and oxygen atoms in total. The van der Waals surface area contributed by atoms with E-state index in [1.807, 2.05) is 12.2 Å². The molecule has 1 N–H and O–H groups in total. The lowest BCUT2D eigenvalue weighted by Gasteiger charge is -2.62. The number of rotatable bonds is 3. The predicted molar refractivity (Wildman–Crippen MR) is 92.6 cm³/mol. The molecule has 0 aliphatic heterocycles. The smallest absolute Gasteiger partial charge is 0.273 e. The molecule has 1 heterocycles. The number of nitrogens with one attached hydrogen (secondary N) is 1. The van der Waals surface area contributed by atoms with E-state index in [1.165, 1.54) is 6.42 Å². The molecule has 3 fully saturated rings. The average molecular weight is 326 g/mol. The molecule has 2 bridgehead atoms. The van der Waals surface area contributed by atoms with Crippen LogP contribution in [0.3, 0.4) is 0 Å². The summed E-state index contributed by atoms with van der Waals surface area (Å²) in [7, 11) is 0. The van der Waals surface area contributed by atoms with Crippen molar-refractivity contribution in [3.63, 3.8) is 0 Å². The van der Waals surface area contributed by atoms with E-state index in [9.17, 15) is 4.79 Å². The van der Waals surface area contributed by atoms with Gasteiger partial charge >= 0.3 is 0 Å². The molecule has 4 aliphatic rings. The first-order valence-electron chi connectivity index (χ1n) is 9.07. The molecule has 0 saturated heterocycles. The van der Waals surface area contributed by atoms with E-state index in [0.29, 0.717) is 22.9 Å². The van der Waals surface area contributed by atoms with Crippen molar-refractivity contribution in [2.45, 2.75) is 52.0 Å². The van der Waals surface area contributed by atoms with Crippen molar-refractivity contribution in [1.29, 1.82) is 0 Å². The fourth-order valence-electron chi connectivity index (χ4n) is 4.95. The van der Waals surface area contributed by atoms with Crippen LogP contribution in [0.2, 0.25) is 0 Å². The van der Waals surface area contributed by atoms with Crippen LogP contribution in [0.1, 0.15) is 62.2 Å². The van der Waals surface area contributed by atoms with E-state index in [4.69, 9.17) is 4.52 Å². The van der Waals surface area contributed by atoms with Crippen LogP contribution in [-0.4, -0.2) is 17.1 Å². The van der Waals surface area contributed by atoms with Gasteiger partial charge in [-0.25, -0.2) is 0 Å². The Kier molecular flexibility index (Phi) is 3.66. The fraction of sp³-hybridized carbons (Fsp3) is 0.600. The van der Waals surface area contributed by atoms with Crippen molar-refractivity contribution >= 4 is 5.91 Å². The number of nitrogens with zero attached hydrogens (tertiary/aromatic N) is 1. The third-order valence-electron chi connectivity index (χ3n) is 6.78. The first kappa shape index (κ1) is 15.7. The van der Waals surface area contributed by atoms with Crippen molar-refractivity contribution in [3.05, 3.63) is 41.8 Å². The lowest BCUT2D eigenvalue weighted by Crippen LogP contribution is -2.60. The number of aromatic nitrogens is 1. The average Bonchev–Trinajstić information content (AvgIpc) is 3.07. The highest BCUT2D eigenvalue weighted by molar-refractivity contribution is 5.92. The van der Waals surface area contributed by atoms with Crippen LogP contribution in [0, 0.1) is 23.2 Å². The molecule has 3 saturated carbocycles. The summed E-state index contributed by atoms with van der Waals surface area (Å²) in [4.78, 5) is 12.6. The van der Waals surface area contributed by atoms with Crippen molar-refractivity contribution < 1.29 is 9.32 Å². The molecule has 0 aromatic carbocycles. The summed E-state index contributed by atoms with van der Waals surface area (Å²) in [6, 6.07) is 2.05. The zero-order chi connectivity index (χ0) is 16.9. The molecule has 1 aromatic rings. The van der Waals surface area contributed by atoms with Crippen LogP contribution in [-0.2, 0) is 0 Å². The molecule has 2 unspecified atom stereocenters.